The van der Waals surface area contributed by atoms with Crippen molar-refractivity contribution in [3.8, 4) is 5.75 Å². The summed E-state index contributed by atoms with van der Waals surface area (Å²) in [6.07, 6.45) is 3.72. The van der Waals surface area contributed by atoms with Crippen LogP contribution in [-0.2, 0) is 13.1 Å². The molecular weight excluding hydrogens is 449 g/mol. The van der Waals surface area contributed by atoms with E-state index in [1.54, 1.807) is 18.4 Å². The largest absolute Gasteiger partial charge is 0.496 e. The fraction of sp³-hybridized carbons (Fsp3) is 0.471. The monoisotopic (exact) mass is 475 g/mol. The van der Waals surface area contributed by atoms with E-state index in [0.717, 1.165) is 40.1 Å². The van der Waals surface area contributed by atoms with Gasteiger partial charge < -0.3 is 15.4 Å². The lowest BCUT2D eigenvalue weighted by Crippen LogP contribution is -2.36. The van der Waals surface area contributed by atoms with Gasteiger partial charge in [0, 0.05) is 34.9 Å². The van der Waals surface area contributed by atoms with Gasteiger partial charge in [0.25, 0.3) is 0 Å². The molecule has 8 heteroatoms. The molecule has 0 spiro atoms. The van der Waals surface area contributed by atoms with Crippen LogP contribution in [0.15, 0.2) is 17.4 Å². The fourth-order valence-corrected chi connectivity index (χ4v) is 3.10. The van der Waals surface area contributed by atoms with Crippen molar-refractivity contribution in [1.82, 2.24) is 20.6 Å². The third kappa shape index (κ3) is 6.10. The molecule has 0 aliphatic rings. The van der Waals surface area contributed by atoms with Crippen molar-refractivity contribution in [3.63, 3.8) is 0 Å². The maximum atomic E-state index is 5.45. The third-order valence-electron chi connectivity index (χ3n) is 3.56. The molecule has 0 bridgehead atoms. The summed E-state index contributed by atoms with van der Waals surface area (Å²) in [5, 5.41) is 7.60. The number of aliphatic imine (C=N–C) groups is 1. The second kappa shape index (κ2) is 10.5. The minimum Gasteiger partial charge on any atom is -0.496 e. The minimum absolute atomic E-state index is 0. The van der Waals surface area contributed by atoms with Gasteiger partial charge in [-0.25, -0.2) is 9.98 Å². The lowest BCUT2D eigenvalue weighted by atomic mass is 10.1. The van der Waals surface area contributed by atoms with Gasteiger partial charge in [-0.3, -0.25) is 4.98 Å². The summed E-state index contributed by atoms with van der Waals surface area (Å²) in [5.74, 6) is 1.64. The predicted molar refractivity (Wildman–Crippen MR) is 114 cm³/mol. The molecule has 0 fully saturated rings. The quantitative estimate of drug-likeness (QED) is 0.381. The molecule has 25 heavy (non-hydrogen) atoms. The van der Waals surface area contributed by atoms with E-state index in [0.29, 0.717) is 13.1 Å². The topological polar surface area (TPSA) is 71.4 Å². The molecular formula is C17H26IN5OS. The van der Waals surface area contributed by atoms with Crippen molar-refractivity contribution < 1.29 is 4.74 Å². The van der Waals surface area contributed by atoms with Crippen molar-refractivity contribution >= 4 is 41.3 Å². The van der Waals surface area contributed by atoms with Crippen LogP contribution in [0, 0.1) is 20.8 Å². The van der Waals surface area contributed by atoms with Crippen LogP contribution in [0.4, 0.5) is 0 Å². The van der Waals surface area contributed by atoms with E-state index in [1.807, 2.05) is 33.2 Å². The number of pyridine rings is 1. The summed E-state index contributed by atoms with van der Waals surface area (Å²) < 4.78 is 5.45. The Morgan fingerprint density at radius 3 is 2.56 bits per heavy atom. The van der Waals surface area contributed by atoms with E-state index < -0.39 is 0 Å². The summed E-state index contributed by atoms with van der Waals surface area (Å²) in [6, 6.07) is 0. The third-order valence-corrected chi connectivity index (χ3v) is 4.47. The van der Waals surface area contributed by atoms with Crippen LogP contribution in [0.5, 0.6) is 5.75 Å². The van der Waals surface area contributed by atoms with E-state index in [4.69, 9.17) is 4.74 Å². The van der Waals surface area contributed by atoms with Crippen LogP contribution in [0.1, 0.15) is 33.6 Å². The molecule has 138 valence electrons. The summed E-state index contributed by atoms with van der Waals surface area (Å²) in [6.45, 7) is 10.1. The standard InChI is InChI=1S/C17H25N5OS.HI/c1-6-18-17(22-10-15-20-8-12(3)24-15)21-9-14-13(4)16(23-5)11(2)7-19-14;/h7-8H,6,9-10H2,1-5H3,(H2,18,21,22);1H. The maximum absolute atomic E-state index is 5.45. The number of hydrogen-bond acceptors (Lipinski definition) is 5. The van der Waals surface area contributed by atoms with Crippen LogP contribution in [0.2, 0.25) is 0 Å². The molecule has 0 amide bonds. The number of halogens is 1. The Labute approximate surface area is 170 Å². The first-order valence-electron chi connectivity index (χ1n) is 7.97. The molecule has 0 saturated carbocycles. The van der Waals surface area contributed by atoms with Crippen molar-refractivity contribution in [1.29, 1.82) is 0 Å². The van der Waals surface area contributed by atoms with Crippen molar-refractivity contribution in [3.05, 3.63) is 39.1 Å². The molecule has 2 rings (SSSR count). The zero-order valence-corrected chi connectivity index (χ0v) is 18.5. The van der Waals surface area contributed by atoms with Crippen LogP contribution >= 0.6 is 35.3 Å². The number of nitrogens with zero attached hydrogens (tertiary/aromatic N) is 3. The van der Waals surface area contributed by atoms with Gasteiger partial charge >= 0.3 is 0 Å². The highest BCUT2D eigenvalue weighted by atomic mass is 127. The Hall–Kier alpha value is -1.42. The number of nitrogens with one attached hydrogen (secondary N) is 2. The average Bonchev–Trinajstić information content (AvgIpc) is 2.97. The number of ether oxygens (including phenoxy) is 1. The first-order chi connectivity index (χ1) is 11.5. The zero-order valence-electron chi connectivity index (χ0n) is 15.3. The lowest BCUT2D eigenvalue weighted by molar-refractivity contribution is 0.407. The second-order valence-electron chi connectivity index (χ2n) is 5.46. The van der Waals surface area contributed by atoms with Gasteiger partial charge in [0.15, 0.2) is 5.96 Å². The molecule has 0 saturated heterocycles. The number of rotatable bonds is 6. The van der Waals surface area contributed by atoms with Gasteiger partial charge in [0.2, 0.25) is 0 Å². The summed E-state index contributed by atoms with van der Waals surface area (Å²) in [7, 11) is 1.68. The SMILES string of the molecule is CCNC(=NCc1ncc(C)c(OC)c1C)NCc1ncc(C)s1.I. The maximum Gasteiger partial charge on any atom is 0.191 e. The van der Waals surface area contributed by atoms with Crippen LogP contribution in [-0.4, -0.2) is 29.6 Å². The molecule has 0 atom stereocenters. The van der Waals surface area contributed by atoms with Crippen molar-refractivity contribution in [2.45, 2.75) is 40.8 Å². The van der Waals surface area contributed by atoms with Gasteiger partial charge in [0.1, 0.15) is 10.8 Å². The smallest absolute Gasteiger partial charge is 0.191 e. The number of aryl methyl sites for hydroxylation is 2. The highest BCUT2D eigenvalue weighted by Crippen LogP contribution is 2.24. The Kier molecular flexibility index (Phi) is 9.12. The summed E-state index contributed by atoms with van der Waals surface area (Å²) >= 11 is 1.69. The van der Waals surface area contributed by atoms with Gasteiger partial charge in [-0.1, -0.05) is 0 Å². The van der Waals surface area contributed by atoms with Crippen LogP contribution < -0.4 is 15.4 Å². The first kappa shape index (κ1) is 21.6. The van der Waals surface area contributed by atoms with Crippen LogP contribution in [0.3, 0.4) is 0 Å². The molecule has 0 aliphatic carbocycles. The van der Waals surface area contributed by atoms with Gasteiger partial charge in [-0.2, -0.15) is 0 Å². The molecule has 2 N–H and O–H groups in total. The Bertz CT molecular complexity index is 717. The van der Waals surface area contributed by atoms with Gasteiger partial charge in [-0.05, 0) is 27.7 Å². The lowest BCUT2D eigenvalue weighted by Gasteiger charge is -2.13. The Balaban J connectivity index is 0.00000312. The molecule has 0 radical (unpaired) electrons. The molecule has 0 aliphatic heterocycles. The molecule has 2 aromatic rings. The minimum atomic E-state index is 0. The van der Waals surface area contributed by atoms with Crippen molar-refractivity contribution in [2.75, 3.05) is 13.7 Å². The number of hydrogen-bond donors (Lipinski definition) is 2. The molecule has 2 aromatic heterocycles. The molecule has 0 unspecified atom stereocenters. The number of methoxy groups -OCH3 is 1. The van der Waals surface area contributed by atoms with E-state index in [9.17, 15) is 0 Å². The first-order valence-corrected chi connectivity index (χ1v) is 8.79. The van der Waals surface area contributed by atoms with Gasteiger partial charge in [0.05, 0.1) is 25.9 Å². The van der Waals surface area contributed by atoms with Crippen LogP contribution in [0.25, 0.3) is 0 Å². The van der Waals surface area contributed by atoms with E-state index in [1.165, 1.54) is 4.88 Å². The van der Waals surface area contributed by atoms with E-state index >= 15 is 0 Å². The van der Waals surface area contributed by atoms with Gasteiger partial charge in [-0.15, -0.1) is 35.3 Å². The normalized spacial score (nSPS) is 11.0. The summed E-state index contributed by atoms with van der Waals surface area (Å²) in [5.41, 5.74) is 2.99. The van der Waals surface area contributed by atoms with E-state index in [2.05, 4.69) is 32.5 Å². The Morgan fingerprint density at radius 1 is 1.20 bits per heavy atom. The molecule has 2 heterocycles. The molecule has 6 nitrogen and oxygen atoms in total. The molecule has 0 aromatic carbocycles. The summed E-state index contributed by atoms with van der Waals surface area (Å²) in [4.78, 5) is 14.7. The average molecular weight is 475 g/mol. The Morgan fingerprint density at radius 2 is 1.96 bits per heavy atom. The fourth-order valence-electron chi connectivity index (χ4n) is 2.37. The number of guanidine groups is 1. The predicted octanol–water partition coefficient (Wildman–Crippen LogP) is 3.35. The van der Waals surface area contributed by atoms with E-state index in [-0.39, 0.29) is 24.0 Å². The second-order valence-corrected chi connectivity index (χ2v) is 6.78. The van der Waals surface area contributed by atoms with Crippen molar-refractivity contribution in [2.24, 2.45) is 4.99 Å². The highest BCUT2D eigenvalue weighted by molar-refractivity contribution is 14.0. The highest BCUT2D eigenvalue weighted by Gasteiger charge is 2.09. The number of aromatic nitrogens is 2. The number of thiazole rings is 1. The zero-order chi connectivity index (χ0) is 17.5.